The van der Waals surface area contributed by atoms with Crippen molar-refractivity contribution >= 4 is 11.8 Å². The molecule has 0 aromatic carbocycles. The van der Waals surface area contributed by atoms with Crippen molar-refractivity contribution in [3.05, 3.63) is 0 Å². The third kappa shape index (κ3) is 2.59. The molecule has 5 heteroatoms. The molecule has 2 amide bonds. The molecule has 5 nitrogen and oxygen atoms in total. The summed E-state index contributed by atoms with van der Waals surface area (Å²) in [6.07, 6.45) is 0.888. The molecule has 92 valence electrons. The molecule has 0 radical (unpaired) electrons. The third-order valence-corrected chi connectivity index (χ3v) is 3.00. The van der Waals surface area contributed by atoms with Gasteiger partial charge in [-0.05, 0) is 20.3 Å². The number of rotatable bonds is 5. The van der Waals surface area contributed by atoms with E-state index in [1.54, 1.807) is 0 Å². The van der Waals surface area contributed by atoms with Crippen LogP contribution in [0.1, 0.15) is 26.7 Å². The molecule has 0 spiro atoms. The van der Waals surface area contributed by atoms with Gasteiger partial charge in [-0.25, -0.2) is 0 Å². The van der Waals surface area contributed by atoms with Crippen LogP contribution in [0.4, 0.5) is 0 Å². The standard InChI is InChI=1S/C11H20N2O3/c1-8(2)13(5-4-6-14)9-7-10(15)12(3)11(9)16/h8-9,14H,4-7H2,1-3H3. The highest BCUT2D eigenvalue weighted by Gasteiger charge is 2.40. The van der Waals surface area contributed by atoms with Crippen molar-refractivity contribution in [1.82, 2.24) is 9.80 Å². The zero-order valence-corrected chi connectivity index (χ0v) is 10.1. The molecule has 1 unspecified atom stereocenters. The predicted molar refractivity (Wildman–Crippen MR) is 59.7 cm³/mol. The minimum absolute atomic E-state index is 0.105. The van der Waals surface area contributed by atoms with Crippen molar-refractivity contribution in [3.8, 4) is 0 Å². The molecule has 0 aromatic rings. The van der Waals surface area contributed by atoms with E-state index in [1.165, 1.54) is 11.9 Å². The lowest BCUT2D eigenvalue weighted by molar-refractivity contribution is -0.138. The van der Waals surface area contributed by atoms with Crippen molar-refractivity contribution in [1.29, 1.82) is 0 Å². The molecule has 0 bridgehead atoms. The molecular weight excluding hydrogens is 208 g/mol. The molecule has 1 atom stereocenters. The molecule has 0 aromatic heterocycles. The van der Waals surface area contributed by atoms with E-state index in [2.05, 4.69) is 0 Å². The minimum Gasteiger partial charge on any atom is -0.396 e. The number of hydrogen-bond donors (Lipinski definition) is 1. The maximum absolute atomic E-state index is 11.8. The van der Waals surface area contributed by atoms with E-state index in [9.17, 15) is 9.59 Å². The van der Waals surface area contributed by atoms with Gasteiger partial charge in [-0.3, -0.25) is 19.4 Å². The van der Waals surface area contributed by atoms with Gasteiger partial charge in [0.05, 0.1) is 12.5 Å². The van der Waals surface area contributed by atoms with E-state index in [0.717, 1.165) is 0 Å². The van der Waals surface area contributed by atoms with Crippen LogP contribution in [-0.2, 0) is 9.59 Å². The van der Waals surface area contributed by atoms with Crippen LogP contribution >= 0.6 is 0 Å². The van der Waals surface area contributed by atoms with Crippen molar-refractivity contribution < 1.29 is 14.7 Å². The molecular formula is C11H20N2O3. The molecule has 1 aliphatic rings. The fourth-order valence-electron chi connectivity index (χ4n) is 2.02. The second-order valence-corrected chi connectivity index (χ2v) is 4.42. The van der Waals surface area contributed by atoms with Crippen LogP contribution in [0.5, 0.6) is 0 Å². The summed E-state index contributed by atoms with van der Waals surface area (Å²) < 4.78 is 0. The van der Waals surface area contributed by atoms with Crippen molar-refractivity contribution in [3.63, 3.8) is 0 Å². The Hall–Kier alpha value is -0.940. The monoisotopic (exact) mass is 228 g/mol. The highest BCUT2D eigenvalue weighted by atomic mass is 16.3. The lowest BCUT2D eigenvalue weighted by atomic mass is 10.1. The lowest BCUT2D eigenvalue weighted by Gasteiger charge is -2.30. The second-order valence-electron chi connectivity index (χ2n) is 4.42. The van der Waals surface area contributed by atoms with Gasteiger partial charge in [-0.2, -0.15) is 0 Å². The number of likely N-dealkylation sites (tertiary alicyclic amines) is 1. The van der Waals surface area contributed by atoms with E-state index < -0.39 is 0 Å². The van der Waals surface area contributed by atoms with E-state index in [4.69, 9.17) is 5.11 Å². The zero-order valence-electron chi connectivity index (χ0n) is 10.1. The largest absolute Gasteiger partial charge is 0.396 e. The lowest BCUT2D eigenvalue weighted by Crippen LogP contribution is -2.45. The number of carbonyl (C=O) groups is 2. The first kappa shape index (κ1) is 13.1. The molecule has 1 N–H and O–H groups in total. The van der Waals surface area contributed by atoms with E-state index in [0.29, 0.717) is 13.0 Å². The number of likely N-dealkylation sites (N-methyl/N-ethyl adjacent to an activating group) is 1. The zero-order chi connectivity index (χ0) is 12.3. The Kier molecular flexibility index (Phi) is 4.44. The number of amides is 2. The van der Waals surface area contributed by atoms with Crippen LogP contribution in [0.15, 0.2) is 0 Å². The average Bonchev–Trinajstić information content (AvgIpc) is 2.47. The summed E-state index contributed by atoms with van der Waals surface area (Å²) in [5.41, 5.74) is 0. The van der Waals surface area contributed by atoms with Gasteiger partial charge < -0.3 is 5.11 Å². The normalized spacial score (nSPS) is 21.6. The topological polar surface area (TPSA) is 60.9 Å². The Morgan fingerprint density at radius 2 is 2.12 bits per heavy atom. The SMILES string of the molecule is CC(C)N(CCCO)C1CC(=O)N(C)C1=O. The summed E-state index contributed by atoms with van der Waals surface area (Å²) in [4.78, 5) is 26.4. The fraction of sp³-hybridized carbons (Fsp3) is 0.818. The summed E-state index contributed by atoms with van der Waals surface area (Å²) in [7, 11) is 1.52. The van der Waals surface area contributed by atoms with Gasteiger partial charge in [0.15, 0.2) is 0 Å². The minimum atomic E-state index is -0.343. The molecule has 1 heterocycles. The maximum Gasteiger partial charge on any atom is 0.246 e. The van der Waals surface area contributed by atoms with Gasteiger partial charge in [0.2, 0.25) is 11.8 Å². The van der Waals surface area contributed by atoms with E-state index >= 15 is 0 Å². The highest BCUT2D eigenvalue weighted by Crippen LogP contribution is 2.19. The number of hydrogen-bond acceptors (Lipinski definition) is 4. The summed E-state index contributed by atoms with van der Waals surface area (Å²) in [6, 6.07) is -0.149. The van der Waals surface area contributed by atoms with Crippen molar-refractivity contribution in [2.75, 3.05) is 20.2 Å². The van der Waals surface area contributed by atoms with Crippen LogP contribution in [-0.4, -0.2) is 59.0 Å². The number of imide groups is 1. The summed E-state index contributed by atoms with van der Waals surface area (Å²) in [5.74, 6) is -0.249. The highest BCUT2D eigenvalue weighted by molar-refractivity contribution is 6.05. The van der Waals surface area contributed by atoms with E-state index in [1.807, 2.05) is 18.7 Å². The molecule has 1 rings (SSSR count). The Morgan fingerprint density at radius 1 is 1.50 bits per heavy atom. The Morgan fingerprint density at radius 3 is 2.50 bits per heavy atom. The number of nitrogens with zero attached hydrogens (tertiary/aromatic N) is 2. The summed E-state index contributed by atoms with van der Waals surface area (Å²) in [6.45, 7) is 4.74. The maximum atomic E-state index is 11.8. The van der Waals surface area contributed by atoms with Crippen LogP contribution < -0.4 is 0 Å². The molecule has 0 aliphatic carbocycles. The van der Waals surface area contributed by atoms with Crippen molar-refractivity contribution in [2.24, 2.45) is 0 Å². The van der Waals surface area contributed by atoms with Gasteiger partial charge in [-0.15, -0.1) is 0 Å². The Bertz CT molecular complexity index is 278. The van der Waals surface area contributed by atoms with Gasteiger partial charge in [0.25, 0.3) is 0 Å². The fourth-order valence-corrected chi connectivity index (χ4v) is 2.02. The quantitative estimate of drug-likeness (QED) is 0.664. The van der Waals surface area contributed by atoms with Crippen LogP contribution in [0.3, 0.4) is 0 Å². The van der Waals surface area contributed by atoms with Crippen LogP contribution in [0.2, 0.25) is 0 Å². The molecule has 1 fully saturated rings. The van der Waals surface area contributed by atoms with Gasteiger partial charge in [0, 0.05) is 26.2 Å². The first-order chi connectivity index (χ1) is 7.49. The van der Waals surface area contributed by atoms with Crippen LogP contribution in [0.25, 0.3) is 0 Å². The van der Waals surface area contributed by atoms with Gasteiger partial charge >= 0.3 is 0 Å². The second kappa shape index (κ2) is 5.41. The number of carbonyl (C=O) groups excluding carboxylic acids is 2. The molecule has 16 heavy (non-hydrogen) atoms. The van der Waals surface area contributed by atoms with Gasteiger partial charge in [0.1, 0.15) is 0 Å². The van der Waals surface area contributed by atoms with E-state index in [-0.39, 0.29) is 36.9 Å². The number of aliphatic hydroxyl groups excluding tert-OH is 1. The first-order valence-corrected chi connectivity index (χ1v) is 5.66. The number of aliphatic hydroxyl groups is 1. The summed E-state index contributed by atoms with van der Waals surface area (Å²) in [5, 5.41) is 8.82. The van der Waals surface area contributed by atoms with Crippen molar-refractivity contribution in [2.45, 2.75) is 38.8 Å². The molecule has 1 saturated heterocycles. The molecule has 1 aliphatic heterocycles. The average molecular weight is 228 g/mol. The Balaban J connectivity index is 2.72. The summed E-state index contributed by atoms with van der Waals surface area (Å²) >= 11 is 0. The van der Waals surface area contributed by atoms with Crippen LogP contribution in [0, 0.1) is 0 Å². The predicted octanol–water partition coefficient (Wildman–Crippen LogP) is -0.163. The molecule has 0 saturated carbocycles. The first-order valence-electron chi connectivity index (χ1n) is 5.66. The van der Waals surface area contributed by atoms with Gasteiger partial charge in [-0.1, -0.05) is 0 Å². The smallest absolute Gasteiger partial charge is 0.246 e. The third-order valence-electron chi connectivity index (χ3n) is 3.00. The Labute approximate surface area is 96.0 Å².